The third kappa shape index (κ3) is 3.15. The van der Waals surface area contributed by atoms with E-state index in [1.807, 2.05) is 12.3 Å². The Kier molecular flexibility index (Phi) is 4.33. The van der Waals surface area contributed by atoms with Gasteiger partial charge in [-0.25, -0.2) is 9.97 Å². The summed E-state index contributed by atoms with van der Waals surface area (Å²) in [7, 11) is 0. The van der Waals surface area contributed by atoms with E-state index in [1.54, 1.807) is 6.33 Å². The fourth-order valence-electron chi connectivity index (χ4n) is 2.86. The lowest BCUT2D eigenvalue weighted by Gasteiger charge is -2.23. The van der Waals surface area contributed by atoms with Gasteiger partial charge >= 0.3 is 0 Å². The molecule has 1 fully saturated rings. The van der Waals surface area contributed by atoms with Crippen LogP contribution in [-0.2, 0) is 0 Å². The predicted molar refractivity (Wildman–Crippen MR) is 80.3 cm³/mol. The van der Waals surface area contributed by atoms with Crippen LogP contribution in [0.2, 0.25) is 0 Å². The first-order valence-corrected chi connectivity index (χ1v) is 7.32. The molecule has 0 radical (unpaired) electrons. The zero-order valence-electron chi connectivity index (χ0n) is 11.9. The SMILES string of the molecule is OCCCN1CCN(c2ncnc3[nH]ccc23)C[C@@H](O)C1. The van der Waals surface area contributed by atoms with Gasteiger partial charge in [0.2, 0.25) is 0 Å². The van der Waals surface area contributed by atoms with Gasteiger partial charge in [-0.15, -0.1) is 0 Å². The van der Waals surface area contributed by atoms with Gasteiger partial charge in [0.1, 0.15) is 17.8 Å². The molecule has 3 heterocycles. The van der Waals surface area contributed by atoms with Gasteiger partial charge < -0.3 is 20.1 Å². The van der Waals surface area contributed by atoms with Crippen LogP contribution >= 0.6 is 0 Å². The number of hydrogen-bond donors (Lipinski definition) is 3. The summed E-state index contributed by atoms with van der Waals surface area (Å²) >= 11 is 0. The molecule has 2 aromatic heterocycles. The van der Waals surface area contributed by atoms with Crippen LogP contribution in [0.5, 0.6) is 0 Å². The second-order valence-electron chi connectivity index (χ2n) is 5.41. The van der Waals surface area contributed by atoms with Gasteiger partial charge in [0.15, 0.2) is 0 Å². The largest absolute Gasteiger partial charge is 0.396 e. The molecule has 0 aromatic carbocycles. The summed E-state index contributed by atoms with van der Waals surface area (Å²) in [6.07, 6.45) is 3.72. The molecule has 0 unspecified atom stereocenters. The first-order chi connectivity index (χ1) is 10.3. The number of aliphatic hydroxyl groups is 2. The number of nitrogens with one attached hydrogen (secondary N) is 1. The lowest BCUT2D eigenvalue weighted by Crippen LogP contribution is -2.34. The number of rotatable bonds is 4. The van der Waals surface area contributed by atoms with Gasteiger partial charge in [0, 0.05) is 45.5 Å². The van der Waals surface area contributed by atoms with E-state index in [-0.39, 0.29) is 6.61 Å². The third-order valence-electron chi connectivity index (χ3n) is 3.85. The zero-order valence-corrected chi connectivity index (χ0v) is 11.9. The molecule has 0 amide bonds. The van der Waals surface area contributed by atoms with Crippen molar-refractivity contribution in [3.05, 3.63) is 18.6 Å². The highest BCUT2D eigenvalue weighted by molar-refractivity contribution is 5.87. The summed E-state index contributed by atoms with van der Waals surface area (Å²) in [5.74, 6) is 0.865. The molecular formula is C14H21N5O2. The van der Waals surface area contributed by atoms with E-state index < -0.39 is 6.10 Å². The average molecular weight is 291 g/mol. The van der Waals surface area contributed by atoms with Crippen molar-refractivity contribution < 1.29 is 10.2 Å². The van der Waals surface area contributed by atoms with E-state index in [9.17, 15) is 5.11 Å². The standard InChI is InChI=1S/C14H21N5O2/c20-7-1-4-18-5-6-19(9-11(21)8-18)14-12-2-3-15-13(12)16-10-17-14/h2-3,10-11,20-21H,1,4-9H2,(H,15,16,17)/t11-/m0/s1. The summed E-state index contributed by atoms with van der Waals surface area (Å²) in [6.45, 7) is 3.86. The van der Waals surface area contributed by atoms with Crippen molar-refractivity contribution in [2.75, 3.05) is 44.2 Å². The van der Waals surface area contributed by atoms with Gasteiger partial charge in [0.25, 0.3) is 0 Å². The minimum atomic E-state index is -0.421. The van der Waals surface area contributed by atoms with E-state index in [4.69, 9.17) is 5.11 Å². The highest BCUT2D eigenvalue weighted by Crippen LogP contribution is 2.23. The molecule has 0 bridgehead atoms. The fraction of sp³-hybridized carbons (Fsp3) is 0.571. The molecule has 3 rings (SSSR count). The smallest absolute Gasteiger partial charge is 0.142 e. The van der Waals surface area contributed by atoms with Crippen LogP contribution in [0, 0.1) is 0 Å². The Hall–Kier alpha value is -1.70. The molecule has 7 nitrogen and oxygen atoms in total. The minimum absolute atomic E-state index is 0.187. The second kappa shape index (κ2) is 6.38. The summed E-state index contributed by atoms with van der Waals surface area (Å²) < 4.78 is 0. The topological polar surface area (TPSA) is 88.5 Å². The second-order valence-corrected chi connectivity index (χ2v) is 5.41. The normalized spacial score (nSPS) is 20.9. The van der Waals surface area contributed by atoms with Gasteiger partial charge in [-0.1, -0.05) is 0 Å². The lowest BCUT2D eigenvalue weighted by molar-refractivity contribution is 0.127. The van der Waals surface area contributed by atoms with Crippen molar-refractivity contribution in [1.29, 1.82) is 0 Å². The van der Waals surface area contributed by atoms with E-state index in [2.05, 4.69) is 24.8 Å². The summed E-state index contributed by atoms with van der Waals surface area (Å²) in [4.78, 5) is 16.0. The van der Waals surface area contributed by atoms with Crippen LogP contribution in [0.4, 0.5) is 5.82 Å². The Morgan fingerprint density at radius 1 is 1.29 bits per heavy atom. The maximum atomic E-state index is 10.2. The van der Waals surface area contributed by atoms with Crippen LogP contribution < -0.4 is 4.90 Å². The van der Waals surface area contributed by atoms with Crippen LogP contribution in [0.3, 0.4) is 0 Å². The number of aromatic amines is 1. The van der Waals surface area contributed by atoms with Crippen molar-refractivity contribution in [3.8, 4) is 0 Å². The molecule has 21 heavy (non-hydrogen) atoms. The molecule has 0 saturated carbocycles. The highest BCUT2D eigenvalue weighted by atomic mass is 16.3. The van der Waals surface area contributed by atoms with Gasteiger partial charge in [-0.2, -0.15) is 0 Å². The molecule has 1 atom stereocenters. The molecule has 114 valence electrons. The van der Waals surface area contributed by atoms with Crippen LogP contribution in [0.25, 0.3) is 11.0 Å². The predicted octanol–water partition coefficient (Wildman–Crippen LogP) is -0.177. The lowest BCUT2D eigenvalue weighted by atomic mass is 10.3. The summed E-state index contributed by atoms with van der Waals surface area (Å²) in [5.41, 5.74) is 0.816. The van der Waals surface area contributed by atoms with E-state index in [1.165, 1.54) is 0 Å². The van der Waals surface area contributed by atoms with Crippen LogP contribution in [0.15, 0.2) is 18.6 Å². The number of hydrogen-bond acceptors (Lipinski definition) is 6. The maximum Gasteiger partial charge on any atom is 0.142 e. The summed E-state index contributed by atoms with van der Waals surface area (Å²) in [6, 6.07) is 1.96. The number of aliphatic hydroxyl groups excluding tert-OH is 2. The van der Waals surface area contributed by atoms with Gasteiger partial charge in [-0.3, -0.25) is 4.90 Å². The summed E-state index contributed by atoms with van der Waals surface area (Å²) in [5, 5.41) is 20.1. The number of β-amino-alcohol motifs (C(OH)–C–C–N with tert-alkyl or cyclic N) is 1. The van der Waals surface area contributed by atoms with Crippen molar-refractivity contribution in [3.63, 3.8) is 0 Å². The number of fused-ring (bicyclic) bond motifs is 1. The molecular weight excluding hydrogens is 270 g/mol. The van der Waals surface area contributed by atoms with Crippen molar-refractivity contribution in [2.45, 2.75) is 12.5 Å². The molecule has 2 aromatic rings. The molecule has 1 aliphatic rings. The molecule has 0 aliphatic carbocycles. The Bertz CT molecular complexity index is 588. The number of anilines is 1. The van der Waals surface area contributed by atoms with Crippen molar-refractivity contribution >= 4 is 16.9 Å². The Labute approximate surface area is 123 Å². The van der Waals surface area contributed by atoms with Gasteiger partial charge in [0.05, 0.1) is 11.5 Å². The van der Waals surface area contributed by atoms with Crippen LogP contribution in [0.1, 0.15) is 6.42 Å². The average Bonchev–Trinajstić information content (AvgIpc) is 2.89. The minimum Gasteiger partial charge on any atom is -0.396 e. The Morgan fingerprint density at radius 3 is 3.05 bits per heavy atom. The van der Waals surface area contributed by atoms with E-state index in [0.717, 1.165) is 42.9 Å². The van der Waals surface area contributed by atoms with E-state index >= 15 is 0 Å². The monoisotopic (exact) mass is 291 g/mol. The molecule has 0 spiro atoms. The first-order valence-electron chi connectivity index (χ1n) is 7.32. The Morgan fingerprint density at radius 2 is 2.19 bits per heavy atom. The number of aromatic nitrogens is 3. The maximum absolute atomic E-state index is 10.2. The zero-order chi connectivity index (χ0) is 14.7. The van der Waals surface area contributed by atoms with E-state index in [0.29, 0.717) is 13.1 Å². The molecule has 7 heteroatoms. The number of nitrogens with zero attached hydrogens (tertiary/aromatic N) is 4. The first kappa shape index (κ1) is 14.2. The highest BCUT2D eigenvalue weighted by Gasteiger charge is 2.23. The van der Waals surface area contributed by atoms with Crippen molar-refractivity contribution in [2.24, 2.45) is 0 Å². The quantitative estimate of drug-likeness (QED) is 0.724. The van der Waals surface area contributed by atoms with Crippen molar-refractivity contribution in [1.82, 2.24) is 19.9 Å². The van der Waals surface area contributed by atoms with Gasteiger partial charge in [-0.05, 0) is 12.5 Å². The number of H-pyrrole nitrogens is 1. The Balaban J connectivity index is 1.78. The molecule has 1 aliphatic heterocycles. The molecule has 1 saturated heterocycles. The molecule has 3 N–H and O–H groups in total. The third-order valence-corrected chi connectivity index (χ3v) is 3.85. The fourth-order valence-corrected chi connectivity index (χ4v) is 2.86. The van der Waals surface area contributed by atoms with Crippen LogP contribution in [-0.4, -0.2) is 75.5 Å².